The number of hydrogen-bond donors (Lipinski definition) is 0. The normalized spacial score (nSPS) is 16.0. The number of hydrogen-bond acceptors (Lipinski definition) is 6. The van der Waals surface area contributed by atoms with E-state index in [1.54, 1.807) is 6.92 Å². The molecular formula is C15H22N2O3S. The second kappa shape index (κ2) is 7.02. The molecule has 1 aliphatic rings. The molecule has 0 radical (unpaired) electrons. The minimum Gasteiger partial charge on any atom is -0.461 e. The second-order valence-electron chi connectivity index (χ2n) is 5.29. The molecule has 0 aliphatic carbocycles. The summed E-state index contributed by atoms with van der Waals surface area (Å²) in [5.41, 5.74) is 0.168. The van der Waals surface area contributed by atoms with E-state index < -0.39 is 5.97 Å². The first kappa shape index (κ1) is 15.9. The number of carbonyl (C=O) groups excluding carboxylic acids is 2. The molecule has 21 heavy (non-hydrogen) atoms. The lowest BCUT2D eigenvalue weighted by Gasteiger charge is -2.31. The van der Waals surface area contributed by atoms with Crippen LogP contribution in [0.4, 0.5) is 5.13 Å². The van der Waals surface area contributed by atoms with E-state index in [2.05, 4.69) is 16.8 Å². The van der Waals surface area contributed by atoms with Crippen LogP contribution < -0.4 is 4.90 Å². The van der Waals surface area contributed by atoms with Crippen molar-refractivity contribution in [2.24, 2.45) is 5.92 Å². The van der Waals surface area contributed by atoms with Crippen molar-refractivity contribution in [2.45, 2.75) is 40.0 Å². The Hall–Kier alpha value is -1.43. The molecule has 6 heteroatoms. The molecule has 5 nitrogen and oxygen atoms in total. The lowest BCUT2D eigenvalue weighted by atomic mass is 9.95. The predicted molar refractivity (Wildman–Crippen MR) is 83.3 cm³/mol. The molecule has 2 heterocycles. The molecule has 0 aromatic carbocycles. The van der Waals surface area contributed by atoms with Crippen molar-refractivity contribution in [1.29, 1.82) is 0 Å². The van der Waals surface area contributed by atoms with E-state index >= 15 is 0 Å². The first-order chi connectivity index (χ1) is 10.1. The van der Waals surface area contributed by atoms with Gasteiger partial charge in [-0.05, 0) is 25.7 Å². The number of thiazole rings is 1. The van der Waals surface area contributed by atoms with Crippen LogP contribution in [0.15, 0.2) is 0 Å². The lowest BCUT2D eigenvalue weighted by Crippen LogP contribution is -2.33. The molecule has 1 fully saturated rings. The van der Waals surface area contributed by atoms with Gasteiger partial charge in [0.25, 0.3) is 0 Å². The molecule has 1 saturated heterocycles. The Morgan fingerprint density at radius 1 is 1.33 bits per heavy atom. The predicted octanol–water partition coefficient (Wildman–Crippen LogP) is 3.15. The Kier molecular flexibility index (Phi) is 5.33. The number of nitrogens with zero attached hydrogens (tertiary/aromatic N) is 2. The first-order valence-corrected chi connectivity index (χ1v) is 8.32. The Labute approximate surface area is 129 Å². The molecule has 0 atom stereocenters. The van der Waals surface area contributed by atoms with Crippen molar-refractivity contribution < 1.29 is 14.3 Å². The van der Waals surface area contributed by atoms with Crippen LogP contribution in [0.5, 0.6) is 0 Å². The van der Waals surface area contributed by atoms with Crippen LogP contribution in [-0.2, 0) is 4.74 Å². The minimum atomic E-state index is -0.506. The monoisotopic (exact) mass is 310 g/mol. The van der Waals surface area contributed by atoms with Crippen LogP contribution in [0.2, 0.25) is 0 Å². The number of rotatable bonds is 5. The Balaban J connectivity index is 2.19. The fourth-order valence-electron chi connectivity index (χ4n) is 2.55. The molecule has 0 N–H and O–H groups in total. The maximum atomic E-state index is 11.9. The number of carbonyl (C=O) groups is 2. The van der Waals surface area contributed by atoms with Crippen LogP contribution in [0, 0.1) is 5.92 Å². The van der Waals surface area contributed by atoms with E-state index in [0.717, 1.165) is 37.0 Å². The third kappa shape index (κ3) is 3.61. The van der Waals surface area contributed by atoms with Gasteiger partial charge < -0.3 is 9.64 Å². The standard InChI is InChI=1S/C15H22N2O3S/c1-4-11-6-8-17(9-7-11)15-16-12(14(19)20-5-2)13(21-15)10(3)18/h11H,4-9H2,1-3H3. The number of anilines is 1. The van der Waals surface area contributed by atoms with Crippen LogP contribution in [0.1, 0.15) is 60.2 Å². The minimum absolute atomic E-state index is 0.134. The SMILES string of the molecule is CCOC(=O)c1nc(N2CCC(CC)CC2)sc1C(C)=O. The molecule has 1 aromatic heterocycles. The summed E-state index contributed by atoms with van der Waals surface area (Å²) in [7, 11) is 0. The quantitative estimate of drug-likeness (QED) is 0.617. The summed E-state index contributed by atoms with van der Waals surface area (Å²) in [6.45, 7) is 7.58. The highest BCUT2D eigenvalue weighted by molar-refractivity contribution is 7.17. The second-order valence-corrected chi connectivity index (χ2v) is 6.27. The van der Waals surface area contributed by atoms with Crippen LogP contribution >= 0.6 is 11.3 Å². The maximum Gasteiger partial charge on any atom is 0.358 e. The largest absolute Gasteiger partial charge is 0.461 e. The zero-order valence-electron chi connectivity index (χ0n) is 12.8. The molecule has 0 amide bonds. The summed E-state index contributed by atoms with van der Waals surface area (Å²) in [4.78, 5) is 30.6. The molecule has 0 unspecified atom stereocenters. The summed E-state index contributed by atoms with van der Waals surface area (Å²) in [6, 6.07) is 0. The van der Waals surface area contributed by atoms with Gasteiger partial charge in [0, 0.05) is 20.0 Å². The van der Waals surface area contributed by atoms with Crippen molar-refractivity contribution in [3.8, 4) is 0 Å². The van der Waals surface area contributed by atoms with Crippen molar-refractivity contribution >= 4 is 28.2 Å². The summed E-state index contributed by atoms with van der Waals surface area (Å²) < 4.78 is 4.99. The number of aromatic nitrogens is 1. The molecule has 116 valence electrons. The lowest BCUT2D eigenvalue weighted by molar-refractivity contribution is 0.0517. The topological polar surface area (TPSA) is 59.5 Å². The molecule has 0 saturated carbocycles. The van der Waals surface area contributed by atoms with Crippen molar-refractivity contribution in [3.05, 3.63) is 10.6 Å². The van der Waals surface area contributed by atoms with E-state index in [4.69, 9.17) is 4.74 Å². The van der Waals surface area contributed by atoms with E-state index in [0.29, 0.717) is 4.88 Å². The number of esters is 1. The highest BCUT2D eigenvalue weighted by atomic mass is 32.1. The number of piperidine rings is 1. The number of ether oxygens (including phenoxy) is 1. The van der Waals surface area contributed by atoms with Gasteiger partial charge in [0.2, 0.25) is 0 Å². The van der Waals surface area contributed by atoms with Gasteiger partial charge in [-0.25, -0.2) is 9.78 Å². The maximum absolute atomic E-state index is 11.9. The fourth-order valence-corrected chi connectivity index (χ4v) is 3.55. The van der Waals surface area contributed by atoms with Crippen LogP contribution in [0.3, 0.4) is 0 Å². The van der Waals surface area contributed by atoms with Gasteiger partial charge in [-0.2, -0.15) is 0 Å². The number of ketones is 1. The van der Waals surface area contributed by atoms with Gasteiger partial charge in [-0.3, -0.25) is 4.79 Å². The van der Waals surface area contributed by atoms with Gasteiger partial charge in [-0.1, -0.05) is 24.7 Å². The Morgan fingerprint density at radius 3 is 2.52 bits per heavy atom. The van der Waals surface area contributed by atoms with Crippen molar-refractivity contribution in [3.63, 3.8) is 0 Å². The zero-order chi connectivity index (χ0) is 15.4. The summed E-state index contributed by atoms with van der Waals surface area (Å²) in [5.74, 6) is 0.136. The van der Waals surface area contributed by atoms with Crippen LogP contribution in [0.25, 0.3) is 0 Å². The molecule has 0 spiro atoms. The third-order valence-corrected chi connectivity index (χ3v) is 5.08. The van der Waals surface area contributed by atoms with E-state index in [-0.39, 0.29) is 18.1 Å². The zero-order valence-corrected chi connectivity index (χ0v) is 13.7. The van der Waals surface area contributed by atoms with Gasteiger partial charge in [0.15, 0.2) is 16.6 Å². The highest BCUT2D eigenvalue weighted by Crippen LogP contribution is 2.31. The number of Topliss-reactive ketones (excluding diaryl/α,β-unsaturated/α-hetero) is 1. The van der Waals surface area contributed by atoms with Crippen molar-refractivity contribution in [2.75, 3.05) is 24.6 Å². The van der Waals surface area contributed by atoms with Gasteiger partial charge in [-0.15, -0.1) is 0 Å². The summed E-state index contributed by atoms with van der Waals surface area (Å²) >= 11 is 1.30. The molecule has 1 aliphatic heterocycles. The Morgan fingerprint density at radius 2 is 2.00 bits per heavy atom. The average molecular weight is 310 g/mol. The van der Waals surface area contributed by atoms with Crippen molar-refractivity contribution in [1.82, 2.24) is 4.98 Å². The van der Waals surface area contributed by atoms with Crippen LogP contribution in [-0.4, -0.2) is 36.4 Å². The van der Waals surface area contributed by atoms with Gasteiger partial charge in [0.05, 0.1) is 6.61 Å². The molecule has 2 rings (SSSR count). The smallest absolute Gasteiger partial charge is 0.358 e. The van der Waals surface area contributed by atoms with E-state index in [9.17, 15) is 9.59 Å². The molecule has 0 bridgehead atoms. The fraction of sp³-hybridized carbons (Fsp3) is 0.667. The summed E-state index contributed by atoms with van der Waals surface area (Å²) in [6.07, 6.45) is 3.49. The third-order valence-electron chi connectivity index (χ3n) is 3.87. The highest BCUT2D eigenvalue weighted by Gasteiger charge is 2.26. The van der Waals surface area contributed by atoms with Gasteiger partial charge >= 0.3 is 5.97 Å². The molecular weight excluding hydrogens is 288 g/mol. The first-order valence-electron chi connectivity index (χ1n) is 7.50. The van der Waals surface area contributed by atoms with E-state index in [1.807, 2.05) is 0 Å². The summed E-state index contributed by atoms with van der Waals surface area (Å²) in [5, 5.41) is 0.762. The van der Waals surface area contributed by atoms with E-state index in [1.165, 1.54) is 24.7 Å². The average Bonchev–Trinajstić information content (AvgIpc) is 2.93. The molecule has 1 aromatic rings. The Bertz CT molecular complexity index is 519. The van der Waals surface area contributed by atoms with Gasteiger partial charge in [0.1, 0.15) is 4.88 Å².